The number of nitrogens with one attached hydrogen (secondary N) is 1. The third-order valence-corrected chi connectivity index (χ3v) is 4.01. The lowest BCUT2D eigenvalue weighted by Crippen LogP contribution is -2.23. The maximum absolute atomic E-state index is 3.56. The van der Waals surface area contributed by atoms with E-state index in [1.807, 2.05) is 0 Å². The van der Waals surface area contributed by atoms with Crippen LogP contribution in [0.1, 0.15) is 30.4 Å². The minimum absolute atomic E-state index is 0.531. The molecule has 0 aliphatic carbocycles. The Morgan fingerprint density at radius 1 is 1.00 bits per heavy atom. The van der Waals surface area contributed by atoms with Crippen molar-refractivity contribution in [2.75, 3.05) is 13.1 Å². The van der Waals surface area contributed by atoms with E-state index in [1.165, 1.54) is 17.5 Å². The summed E-state index contributed by atoms with van der Waals surface area (Å²) in [5, 5.41) is 3.56. The second-order valence-electron chi connectivity index (χ2n) is 5.14. The molecule has 106 valence electrons. The van der Waals surface area contributed by atoms with Gasteiger partial charge in [-0.15, -0.1) is 0 Å². The van der Waals surface area contributed by atoms with Gasteiger partial charge in [0.1, 0.15) is 0 Å². The third kappa shape index (κ3) is 4.77. The highest BCUT2D eigenvalue weighted by Gasteiger charge is 2.11. The molecule has 2 aromatic carbocycles. The van der Waals surface area contributed by atoms with Crippen LogP contribution < -0.4 is 5.32 Å². The predicted octanol–water partition coefficient (Wildman–Crippen LogP) is 4.78. The fraction of sp³-hybridized carbons (Fsp3) is 0.333. The Morgan fingerprint density at radius 3 is 2.35 bits per heavy atom. The molecule has 0 fully saturated rings. The molecule has 1 N–H and O–H groups in total. The van der Waals surface area contributed by atoms with Crippen molar-refractivity contribution in [1.82, 2.24) is 5.32 Å². The van der Waals surface area contributed by atoms with Crippen molar-refractivity contribution in [3.63, 3.8) is 0 Å². The Labute approximate surface area is 130 Å². The maximum atomic E-state index is 3.56. The van der Waals surface area contributed by atoms with Gasteiger partial charge in [0.15, 0.2) is 0 Å². The SMILES string of the molecule is CCCNCC(Cc1ccc(Br)cc1)c1ccccc1. The first-order chi connectivity index (χ1) is 9.79. The number of rotatable bonds is 7. The zero-order valence-electron chi connectivity index (χ0n) is 12.0. The van der Waals surface area contributed by atoms with Gasteiger partial charge in [-0.2, -0.15) is 0 Å². The van der Waals surface area contributed by atoms with Gasteiger partial charge >= 0.3 is 0 Å². The molecular formula is C18H22BrN. The van der Waals surface area contributed by atoms with Crippen LogP contribution >= 0.6 is 15.9 Å². The number of hydrogen-bond acceptors (Lipinski definition) is 1. The van der Waals surface area contributed by atoms with E-state index in [0.29, 0.717) is 5.92 Å². The van der Waals surface area contributed by atoms with Gasteiger partial charge in [-0.25, -0.2) is 0 Å². The van der Waals surface area contributed by atoms with Crippen LogP contribution in [0.2, 0.25) is 0 Å². The molecular weight excluding hydrogens is 310 g/mol. The molecule has 0 radical (unpaired) electrons. The van der Waals surface area contributed by atoms with Gasteiger partial charge in [0.2, 0.25) is 0 Å². The van der Waals surface area contributed by atoms with Gasteiger partial charge in [-0.05, 0) is 42.6 Å². The molecule has 20 heavy (non-hydrogen) atoms. The van der Waals surface area contributed by atoms with Crippen molar-refractivity contribution in [3.8, 4) is 0 Å². The van der Waals surface area contributed by atoms with Crippen LogP contribution in [0.25, 0.3) is 0 Å². The van der Waals surface area contributed by atoms with Crippen molar-refractivity contribution >= 4 is 15.9 Å². The van der Waals surface area contributed by atoms with Crippen LogP contribution in [0, 0.1) is 0 Å². The number of hydrogen-bond donors (Lipinski definition) is 1. The monoisotopic (exact) mass is 331 g/mol. The fourth-order valence-electron chi connectivity index (χ4n) is 2.39. The van der Waals surface area contributed by atoms with Crippen molar-refractivity contribution < 1.29 is 0 Å². The lowest BCUT2D eigenvalue weighted by molar-refractivity contribution is 0.576. The molecule has 0 aromatic heterocycles. The first-order valence-corrected chi connectivity index (χ1v) is 8.09. The van der Waals surface area contributed by atoms with Crippen LogP contribution in [0.3, 0.4) is 0 Å². The zero-order valence-corrected chi connectivity index (χ0v) is 13.6. The molecule has 0 amide bonds. The average Bonchev–Trinajstić information content (AvgIpc) is 2.49. The average molecular weight is 332 g/mol. The molecule has 0 bridgehead atoms. The van der Waals surface area contributed by atoms with Gasteiger partial charge in [0.05, 0.1) is 0 Å². The van der Waals surface area contributed by atoms with Crippen LogP contribution in [-0.4, -0.2) is 13.1 Å². The van der Waals surface area contributed by atoms with E-state index < -0.39 is 0 Å². The van der Waals surface area contributed by atoms with Gasteiger partial charge in [-0.1, -0.05) is 65.3 Å². The summed E-state index contributed by atoms with van der Waals surface area (Å²) in [6, 6.07) is 19.5. The molecule has 1 unspecified atom stereocenters. The van der Waals surface area contributed by atoms with E-state index in [-0.39, 0.29) is 0 Å². The van der Waals surface area contributed by atoms with Crippen LogP contribution in [0.4, 0.5) is 0 Å². The standard InChI is InChI=1S/C18H22BrN/c1-2-12-20-14-17(16-6-4-3-5-7-16)13-15-8-10-18(19)11-9-15/h3-11,17,20H,2,12-14H2,1H3. The minimum atomic E-state index is 0.531. The quantitative estimate of drug-likeness (QED) is 0.720. The Kier molecular flexibility index (Phi) is 6.28. The molecule has 1 nitrogen and oxygen atoms in total. The first kappa shape index (κ1) is 15.3. The normalized spacial score (nSPS) is 12.3. The van der Waals surface area contributed by atoms with E-state index in [0.717, 1.165) is 24.0 Å². The summed E-state index contributed by atoms with van der Waals surface area (Å²) < 4.78 is 1.14. The largest absolute Gasteiger partial charge is 0.316 e. The van der Waals surface area contributed by atoms with E-state index >= 15 is 0 Å². The lowest BCUT2D eigenvalue weighted by atomic mass is 9.92. The van der Waals surface area contributed by atoms with Gasteiger partial charge in [-0.3, -0.25) is 0 Å². The summed E-state index contributed by atoms with van der Waals surface area (Å²) in [6.07, 6.45) is 2.26. The molecule has 1 atom stereocenters. The highest BCUT2D eigenvalue weighted by molar-refractivity contribution is 9.10. The number of benzene rings is 2. The molecule has 2 heteroatoms. The van der Waals surface area contributed by atoms with E-state index in [2.05, 4.69) is 82.8 Å². The topological polar surface area (TPSA) is 12.0 Å². The first-order valence-electron chi connectivity index (χ1n) is 7.29. The van der Waals surface area contributed by atoms with E-state index in [9.17, 15) is 0 Å². The summed E-state index contributed by atoms with van der Waals surface area (Å²) in [5.74, 6) is 0.531. The fourth-order valence-corrected chi connectivity index (χ4v) is 2.66. The highest BCUT2D eigenvalue weighted by Crippen LogP contribution is 2.21. The molecule has 0 spiro atoms. The third-order valence-electron chi connectivity index (χ3n) is 3.48. The zero-order chi connectivity index (χ0) is 14.2. The van der Waals surface area contributed by atoms with Crippen LogP contribution in [0.5, 0.6) is 0 Å². The maximum Gasteiger partial charge on any atom is 0.0175 e. The van der Waals surface area contributed by atoms with Crippen molar-refractivity contribution in [3.05, 3.63) is 70.2 Å². The molecule has 2 rings (SSSR count). The van der Waals surface area contributed by atoms with Crippen molar-refractivity contribution in [1.29, 1.82) is 0 Å². The summed E-state index contributed by atoms with van der Waals surface area (Å²) >= 11 is 3.50. The van der Waals surface area contributed by atoms with Gasteiger partial charge in [0.25, 0.3) is 0 Å². The Hall–Kier alpha value is -1.12. The van der Waals surface area contributed by atoms with Crippen LogP contribution in [-0.2, 0) is 6.42 Å². The smallest absolute Gasteiger partial charge is 0.0175 e. The Balaban J connectivity index is 2.07. The summed E-state index contributed by atoms with van der Waals surface area (Å²) in [6.45, 7) is 4.33. The second-order valence-corrected chi connectivity index (χ2v) is 6.06. The molecule has 0 heterocycles. The van der Waals surface area contributed by atoms with E-state index in [1.54, 1.807) is 0 Å². The van der Waals surface area contributed by atoms with E-state index in [4.69, 9.17) is 0 Å². The second kappa shape index (κ2) is 8.23. The van der Waals surface area contributed by atoms with Crippen LogP contribution in [0.15, 0.2) is 59.1 Å². The molecule has 2 aromatic rings. The van der Waals surface area contributed by atoms with Gasteiger partial charge in [0, 0.05) is 16.9 Å². The highest BCUT2D eigenvalue weighted by atomic mass is 79.9. The molecule has 0 saturated carbocycles. The summed E-state index contributed by atoms with van der Waals surface area (Å²) in [7, 11) is 0. The summed E-state index contributed by atoms with van der Waals surface area (Å²) in [5.41, 5.74) is 2.80. The Bertz CT molecular complexity index is 493. The molecule has 0 aliphatic rings. The van der Waals surface area contributed by atoms with Crippen molar-refractivity contribution in [2.45, 2.75) is 25.7 Å². The predicted molar refractivity (Wildman–Crippen MR) is 90.2 cm³/mol. The minimum Gasteiger partial charge on any atom is -0.316 e. The van der Waals surface area contributed by atoms with Crippen molar-refractivity contribution in [2.24, 2.45) is 0 Å². The molecule has 0 aliphatic heterocycles. The molecule has 0 saturated heterocycles. The Morgan fingerprint density at radius 2 is 1.70 bits per heavy atom. The number of halogens is 1. The lowest BCUT2D eigenvalue weighted by Gasteiger charge is -2.18. The van der Waals surface area contributed by atoms with Gasteiger partial charge < -0.3 is 5.32 Å². The summed E-state index contributed by atoms with van der Waals surface area (Å²) in [4.78, 5) is 0.